The molecule has 0 aliphatic carbocycles. The van der Waals surface area contributed by atoms with Crippen LogP contribution in [0.15, 0.2) is 60.4 Å². The first kappa shape index (κ1) is 45.4. The first-order chi connectivity index (χ1) is 73.6. The zero-order valence-corrected chi connectivity index (χ0v) is 68.4. The average molecular weight is 1650 g/mol. The molecule has 17 unspecified atom stereocenters. The van der Waals surface area contributed by atoms with Gasteiger partial charge in [0.2, 0.25) is 0 Å². The van der Waals surface area contributed by atoms with Crippen LogP contribution < -0.4 is 47.4 Å². The lowest BCUT2D eigenvalue weighted by molar-refractivity contribution is -0.0192. The van der Waals surface area contributed by atoms with Gasteiger partial charge in [-0.25, -0.2) is 0 Å². The van der Waals surface area contributed by atoms with Gasteiger partial charge in [-0.3, -0.25) is 24.5 Å². The van der Waals surface area contributed by atoms with Gasteiger partial charge in [-0.2, -0.15) is 0 Å². The fourth-order valence-electron chi connectivity index (χ4n) is 15.8. The van der Waals surface area contributed by atoms with E-state index in [1.807, 2.05) is 41.5 Å². The molecular weight excluding hydrogens is 1450 g/mol. The molecule has 5 aromatic carbocycles. The number of nitrogens with zero attached hydrogens (tertiary/aromatic N) is 5. The maximum atomic E-state index is 11.3. The number of hydrogen-bond donors (Lipinski definition) is 5. The molecule has 0 amide bonds. The van der Waals surface area contributed by atoms with Crippen LogP contribution in [0, 0.1) is 59.0 Å². The van der Waals surface area contributed by atoms with Crippen molar-refractivity contribution < 1.29 is 139 Å². The standard InChI is InChI=1S/5C19H29NO3/c5*1-12(2)7-14-11-20-6-5-13-8-18(22-3)19(23-4)9-15(13)16(20)10-17(14)21/h5*8-9,12,14,16-17,21H,5-7,10-11H2,1-4H3/i1D3,4D3,7D2,8D,9D,10D2,12D,14D,17D;1D3,7D2,8D,9D,10D2,12D,14D,17D;4D3,8D,9D,10D2,14D,17D;2*8D,9D,10D2,14D,17D. The first-order valence-electron chi connectivity index (χ1n) is 62.5. The Morgan fingerprint density at radius 3 is 0.722 bits per heavy atom. The molecule has 0 spiro atoms. The van der Waals surface area contributed by atoms with Crippen LogP contribution in [0.2, 0.25) is 0 Å². The van der Waals surface area contributed by atoms with Crippen LogP contribution in [0.5, 0.6) is 57.5 Å². The van der Waals surface area contributed by atoms with E-state index in [0.29, 0.717) is 44.0 Å². The number of rotatable bonds is 20. The zero-order chi connectivity index (χ0) is 125. The second-order valence-corrected chi connectivity index (χ2v) is 30.5. The van der Waals surface area contributed by atoms with Gasteiger partial charge in [0.15, 0.2) is 57.5 Å². The fourth-order valence-corrected chi connectivity index (χ4v) is 15.8. The SMILES string of the molecule is [2H]c1c2c(c([2H])c(OC([2H])([2H])[2H])c1OC)C1N(CC2)CC([2H])(C([2H])([2H])C([2H])(C)C([2H])([2H])[2H])C([2H])(O)C1([2H])[2H].[2H]c1c2c(c([2H])c(OC([2H])([2H])[2H])c1OC)C1N(CC2)CC([2H])(CC(C)C)C([2H])(O)C1([2H])[2H].[2H]c1c2c(c([2H])c(OC)c1OC)C1N(CC2)CC([2H])(C([2H])([2H])C([2H])(C)C([2H])([2H])[2H])C([2H])(O)C1([2H])[2H].[2H]c1c2c(c([2H])c(OC)c1OC)C1N(CC2)CC([2H])(CC(C)C)C([2H])(O)C1([2H])[2H].[2H]c1c2c(c([2H])c(OC)c1OC)C1N(CC2)CC([2H])(CC(C)C)C([2H])(O)C1([2H])[2H]. The van der Waals surface area contributed by atoms with Crippen molar-refractivity contribution in [3.63, 3.8) is 0 Å². The van der Waals surface area contributed by atoms with Gasteiger partial charge in [-0.05, 0) is 271 Å². The number of ether oxygens (including phenoxy) is 10. The van der Waals surface area contributed by atoms with E-state index in [1.165, 1.54) is 54.7 Å². The van der Waals surface area contributed by atoms with Crippen LogP contribution in [-0.4, -0.2) is 217 Å². The van der Waals surface area contributed by atoms with Crippen molar-refractivity contribution in [3.8, 4) is 57.5 Å². The van der Waals surface area contributed by atoms with Gasteiger partial charge in [0, 0.05) is 133 Å². The number of aliphatic hydroxyl groups is 5. The van der Waals surface area contributed by atoms with E-state index in [2.05, 4.69) is 0 Å². The number of piperidine rings is 5. The predicted octanol–water partition coefficient (Wildman–Crippen LogP) is 15.1. The molecule has 10 aliphatic rings. The molecular formula is C95H145N5O15. The fraction of sp³-hybridized carbons (Fsp3) is 0.684. The van der Waals surface area contributed by atoms with E-state index in [9.17, 15) is 25.5 Å². The van der Waals surface area contributed by atoms with Gasteiger partial charge in [0.1, 0.15) is 0 Å². The van der Waals surface area contributed by atoms with Gasteiger partial charge in [0.05, 0.1) is 130 Å². The van der Waals surface area contributed by atoms with E-state index in [1.54, 1.807) is 14.7 Å². The Hall–Kier alpha value is -6.30. The third-order valence-electron chi connectivity index (χ3n) is 21.0. The minimum Gasteiger partial charge on any atom is -0.493 e. The Bertz CT molecular complexity index is 6270. The van der Waals surface area contributed by atoms with Crippen LogP contribution >= 0.6 is 0 Å². The lowest BCUT2D eigenvalue weighted by atomic mass is 9.79. The van der Waals surface area contributed by atoms with Crippen LogP contribution in [-0.2, 0) is 32.1 Å². The molecule has 640 valence electrons. The summed E-state index contributed by atoms with van der Waals surface area (Å²) >= 11 is 0. The van der Waals surface area contributed by atoms with Gasteiger partial charge in [0.25, 0.3) is 0 Å². The number of hydrogen-bond acceptors (Lipinski definition) is 20. The van der Waals surface area contributed by atoms with Crippen molar-refractivity contribution in [2.45, 2.75) is 226 Å². The molecule has 10 heterocycles. The van der Waals surface area contributed by atoms with Crippen molar-refractivity contribution in [2.24, 2.45) is 59.0 Å². The number of fused-ring (bicyclic) bond motifs is 15. The van der Waals surface area contributed by atoms with Crippen molar-refractivity contribution in [1.29, 1.82) is 0 Å². The molecule has 0 saturated carbocycles. The van der Waals surface area contributed by atoms with Crippen LogP contribution in [0.25, 0.3) is 0 Å². The van der Waals surface area contributed by atoms with Crippen molar-refractivity contribution in [3.05, 3.63) is 116 Å². The highest BCUT2D eigenvalue weighted by molar-refractivity contribution is 5.54. The summed E-state index contributed by atoms with van der Waals surface area (Å²) in [5, 5.41) is 55.7. The summed E-state index contributed by atoms with van der Waals surface area (Å²) in [6, 6.07) is -9.30. The summed E-state index contributed by atoms with van der Waals surface area (Å²) in [5.41, 5.74) is 1.62. The number of methoxy groups -OCH3 is 10. The Labute approximate surface area is 757 Å². The lowest BCUT2D eigenvalue weighted by Gasteiger charge is -2.46. The minimum absolute atomic E-state index is 0.00439. The predicted molar refractivity (Wildman–Crippen MR) is 456 cm³/mol. The molecule has 10 aliphatic heterocycles. The average Bonchev–Trinajstić information content (AvgIpc) is 0.668. The van der Waals surface area contributed by atoms with E-state index in [4.69, 9.17) is 113 Å². The summed E-state index contributed by atoms with van der Waals surface area (Å²) in [6.07, 6.45) is -35.1. The highest BCUT2D eigenvalue weighted by Gasteiger charge is 2.45. The van der Waals surface area contributed by atoms with Crippen LogP contribution in [0.4, 0.5) is 0 Å². The van der Waals surface area contributed by atoms with Crippen molar-refractivity contribution in [1.82, 2.24) is 24.5 Å². The summed E-state index contributed by atoms with van der Waals surface area (Å²) < 4.78 is 453. The summed E-state index contributed by atoms with van der Waals surface area (Å²) in [5.74, 6) is -19.4. The van der Waals surface area contributed by atoms with Crippen molar-refractivity contribution in [2.75, 3.05) is 136 Å². The highest BCUT2D eigenvalue weighted by Crippen LogP contribution is 2.50. The summed E-state index contributed by atoms with van der Waals surface area (Å²) in [4.78, 5) is 7.52. The monoisotopic (exact) mass is 1640 g/mol. The second kappa shape index (κ2) is 40.6. The topological polar surface area (TPSA) is 210 Å². The van der Waals surface area contributed by atoms with Gasteiger partial charge < -0.3 is 72.9 Å². The molecule has 0 bridgehead atoms. The first-order valence-corrected chi connectivity index (χ1v) is 38.5. The molecule has 5 saturated heterocycles. The lowest BCUT2D eigenvalue weighted by Crippen LogP contribution is -2.48. The highest BCUT2D eigenvalue weighted by atomic mass is 16.5. The molecule has 5 aromatic rings. The smallest absolute Gasteiger partial charge is 0.161 e. The van der Waals surface area contributed by atoms with E-state index in [-0.39, 0.29) is 228 Å². The molecule has 17 atom stereocenters. The van der Waals surface area contributed by atoms with E-state index in [0.717, 1.165) is 18.9 Å². The zero-order valence-electron chi connectivity index (χ0n) is 116. The molecule has 115 heavy (non-hydrogen) atoms. The van der Waals surface area contributed by atoms with Crippen molar-refractivity contribution >= 4 is 0 Å². The van der Waals surface area contributed by atoms with E-state index >= 15 is 0 Å². The van der Waals surface area contributed by atoms with Gasteiger partial charge in [-0.15, -0.1) is 0 Å². The maximum Gasteiger partial charge on any atom is 0.161 e. The summed E-state index contributed by atoms with van der Waals surface area (Å²) in [7, 11) is 4.36. The second-order valence-electron chi connectivity index (χ2n) is 30.5. The largest absolute Gasteiger partial charge is 0.493 e. The Kier molecular flexibility index (Phi) is 16.0. The maximum absolute atomic E-state index is 11.3. The molecule has 0 radical (unpaired) electrons. The molecule has 0 aromatic heterocycles. The quantitative estimate of drug-likeness (QED) is 0.0491. The Morgan fingerprint density at radius 2 is 0.530 bits per heavy atom. The van der Waals surface area contributed by atoms with Crippen LogP contribution in [0.1, 0.15) is 285 Å². The molecule has 5 N–H and O–H groups in total. The Balaban J connectivity index is 0.000000192. The van der Waals surface area contributed by atoms with E-state index < -0.39 is 217 Å². The van der Waals surface area contributed by atoms with Gasteiger partial charge >= 0.3 is 0 Å². The third kappa shape index (κ3) is 21.1. The third-order valence-corrected chi connectivity index (χ3v) is 21.0. The summed E-state index contributed by atoms with van der Waals surface area (Å²) in [6.45, 7) is 5.05. The normalized spacial score (nSPS) is 43.8. The van der Waals surface area contributed by atoms with Gasteiger partial charge in [-0.1, -0.05) is 69.1 Å². The van der Waals surface area contributed by atoms with Crippen LogP contribution in [0.3, 0.4) is 0 Å². The molecule has 15 rings (SSSR count). The minimum atomic E-state index is -3.69. The molecule has 20 nitrogen and oxygen atoms in total. The molecule has 20 heteroatoms. The molecule has 5 fully saturated rings. The number of benzene rings is 5. The Morgan fingerprint density at radius 1 is 0.339 bits per heavy atom.